The smallest absolute Gasteiger partial charge is 0.122 e. The number of hydrogen-bond acceptors (Lipinski definition) is 3. The molecule has 0 aliphatic carbocycles. The van der Waals surface area contributed by atoms with Gasteiger partial charge in [-0.05, 0) is 37.1 Å². The van der Waals surface area contributed by atoms with Crippen LogP contribution in [0.3, 0.4) is 0 Å². The van der Waals surface area contributed by atoms with Crippen LogP contribution in [0.15, 0.2) is 24.4 Å². The largest absolute Gasteiger partial charge is 0.493 e. The minimum atomic E-state index is -0.779. The van der Waals surface area contributed by atoms with Crippen LogP contribution in [0.5, 0.6) is 5.75 Å². The zero-order valence-corrected chi connectivity index (χ0v) is 12.3. The molecule has 1 aromatic heterocycles. The normalized spacial score (nSPS) is 15.2. The number of ether oxygens (including phenoxy) is 1. The first kappa shape index (κ1) is 13.5. The van der Waals surface area contributed by atoms with Crippen LogP contribution in [0.25, 0.3) is 0 Å². The van der Waals surface area contributed by atoms with Crippen LogP contribution < -0.4 is 4.74 Å². The second kappa shape index (κ2) is 5.11. The Morgan fingerprint density at radius 2 is 2.20 bits per heavy atom. The topological polar surface area (TPSA) is 47.3 Å². The monoisotopic (exact) mass is 292 g/mol. The van der Waals surface area contributed by atoms with Crippen molar-refractivity contribution in [1.82, 2.24) is 9.78 Å². The van der Waals surface area contributed by atoms with Gasteiger partial charge >= 0.3 is 0 Å². The summed E-state index contributed by atoms with van der Waals surface area (Å²) in [5.74, 6) is 0.907. The molecule has 5 heteroatoms. The van der Waals surface area contributed by atoms with Gasteiger partial charge in [-0.3, -0.25) is 4.68 Å². The van der Waals surface area contributed by atoms with Crippen LogP contribution in [-0.4, -0.2) is 21.5 Å². The van der Waals surface area contributed by atoms with E-state index in [0.717, 1.165) is 23.3 Å². The number of aromatic nitrogens is 2. The quantitative estimate of drug-likeness (QED) is 0.945. The van der Waals surface area contributed by atoms with Crippen LogP contribution in [0.2, 0.25) is 5.02 Å². The van der Waals surface area contributed by atoms with E-state index < -0.39 is 6.10 Å². The molecule has 2 aromatic rings. The van der Waals surface area contributed by atoms with E-state index >= 15 is 0 Å². The molecule has 0 radical (unpaired) electrons. The SMILES string of the molecule is CC(C)n1ncc(Cl)c1C(O)c1ccc2c(c1)CCO2. The van der Waals surface area contributed by atoms with Gasteiger partial charge in [0, 0.05) is 12.5 Å². The van der Waals surface area contributed by atoms with Crippen LogP contribution in [0.1, 0.15) is 42.8 Å². The molecule has 1 unspecified atom stereocenters. The van der Waals surface area contributed by atoms with Gasteiger partial charge in [0.05, 0.1) is 23.5 Å². The molecule has 20 heavy (non-hydrogen) atoms. The minimum absolute atomic E-state index is 0.143. The van der Waals surface area contributed by atoms with Crippen molar-refractivity contribution in [3.63, 3.8) is 0 Å². The van der Waals surface area contributed by atoms with Crippen molar-refractivity contribution in [2.45, 2.75) is 32.4 Å². The third kappa shape index (κ3) is 2.19. The Bertz CT molecular complexity index is 637. The average Bonchev–Trinajstić information content (AvgIpc) is 3.03. The van der Waals surface area contributed by atoms with Crippen molar-refractivity contribution in [3.8, 4) is 5.75 Å². The molecule has 2 heterocycles. The number of benzene rings is 1. The highest BCUT2D eigenvalue weighted by atomic mass is 35.5. The Morgan fingerprint density at radius 3 is 2.95 bits per heavy atom. The summed E-state index contributed by atoms with van der Waals surface area (Å²) in [4.78, 5) is 0. The predicted octanol–water partition coefficient (Wildman–Crippen LogP) is 3.13. The predicted molar refractivity (Wildman–Crippen MR) is 77.3 cm³/mol. The first-order chi connectivity index (χ1) is 9.58. The zero-order valence-electron chi connectivity index (χ0n) is 11.5. The lowest BCUT2D eigenvalue weighted by atomic mass is 10.0. The molecule has 3 rings (SSSR count). The number of fused-ring (bicyclic) bond motifs is 1. The Hall–Kier alpha value is -1.52. The van der Waals surface area contributed by atoms with Crippen molar-refractivity contribution >= 4 is 11.6 Å². The summed E-state index contributed by atoms with van der Waals surface area (Å²) in [6.45, 7) is 4.73. The molecular weight excluding hydrogens is 276 g/mol. The highest BCUT2D eigenvalue weighted by molar-refractivity contribution is 6.31. The Labute approximate surface area is 122 Å². The van der Waals surface area contributed by atoms with E-state index in [-0.39, 0.29) is 6.04 Å². The van der Waals surface area contributed by atoms with Crippen LogP contribution >= 0.6 is 11.6 Å². The number of rotatable bonds is 3. The lowest BCUT2D eigenvalue weighted by molar-refractivity contribution is 0.205. The molecule has 0 spiro atoms. The molecule has 1 atom stereocenters. The summed E-state index contributed by atoms with van der Waals surface area (Å²) < 4.78 is 7.24. The summed E-state index contributed by atoms with van der Waals surface area (Å²) >= 11 is 6.18. The van der Waals surface area contributed by atoms with Gasteiger partial charge in [0.25, 0.3) is 0 Å². The van der Waals surface area contributed by atoms with E-state index in [4.69, 9.17) is 16.3 Å². The van der Waals surface area contributed by atoms with Crippen LogP contribution in [0.4, 0.5) is 0 Å². The maximum Gasteiger partial charge on any atom is 0.122 e. The second-order valence-corrected chi connectivity index (χ2v) is 5.69. The maximum absolute atomic E-state index is 10.6. The van der Waals surface area contributed by atoms with E-state index in [9.17, 15) is 5.11 Å². The second-order valence-electron chi connectivity index (χ2n) is 5.28. The van der Waals surface area contributed by atoms with Crippen molar-refractivity contribution in [3.05, 3.63) is 46.2 Å². The molecule has 0 bridgehead atoms. The van der Waals surface area contributed by atoms with Crippen molar-refractivity contribution < 1.29 is 9.84 Å². The van der Waals surface area contributed by atoms with Gasteiger partial charge < -0.3 is 9.84 Å². The Kier molecular flexibility index (Phi) is 3.44. The number of aliphatic hydroxyl groups is 1. The van der Waals surface area contributed by atoms with Gasteiger partial charge in [-0.1, -0.05) is 17.7 Å². The number of halogens is 1. The third-order valence-electron chi connectivity index (χ3n) is 3.56. The molecule has 1 aliphatic rings. The molecule has 106 valence electrons. The fourth-order valence-corrected chi connectivity index (χ4v) is 2.79. The first-order valence-corrected chi connectivity index (χ1v) is 7.12. The third-order valence-corrected chi connectivity index (χ3v) is 3.86. The number of nitrogens with zero attached hydrogens (tertiary/aromatic N) is 2. The van der Waals surface area contributed by atoms with E-state index in [0.29, 0.717) is 17.3 Å². The van der Waals surface area contributed by atoms with Crippen molar-refractivity contribution in [2.75, 3.05) is 6.61 Å². The molecule has 0 fully saturated rings. The highest BCUT2D eigenvalue weighted by Gasteiger charge is 2.23. The molecule has 1 aromatic carbocycles. The van der Waals surface area contributed by atoms with Gasteiger partial charge in [0.2, 0.25) is 0 Å². The fraction of sp³-hybridized carbons (Fsp3) is 0.400. The van der Waals surface area contributed by atoms with Gasteiger partial charge in [-0.25, -0.2) is 0 Å². The summed E-state index contributed by atoms with van der Waals surface area (Å²) in [6, 6.07) is 5.92. The highest BCUT2D eigenvalue weighted by Crippen LogP contribution is 2.33. The van der Waals surface area contributed by atoms with E-state index in [1.54, 1.807) is 10.9 Å². The molecule has 4 nitrogen and oxygen atoms in total. The Balaban J connectivity index is 2.00. The lowest BCUT2D eigenvalue weighted by Crippen LogP contribution is -2.12. The molecular formula is C15H17ClN2O2. The summed E-state index contributed by atoms with van der Waals surface area (Å²) in [7, 11) is 0. The summed E-state index contributed by atoms with van der Waals surface area (Å²) in [6.07, 6.45) is 1.68. The lowest BCUT2D eigenvalue weighted by Gasteiger charge is -2.17. The molecule has 1 N–H and O–H groups in total. The molecule has 0 saturated heterocycles. The Morgan fingerprint density at radius 1 is 1.40 bits per heavy atom. The zero-order chi connectivity index (χ0) is 14.3. The molecule has 0 saturated carbocycles. The first-order valence-electron chi connectivity index (χ1n) is 6.74. The van der Waals surface area contributed by atoms with Crippen molar-refractivity contribution in [2.24, 2.45) is 0 Å². The minimum Gasteiger partial charge on any atom is -0.493 e. The summed E-state index contributed by atoms with van der Waals surface area (Å²) in [5, 5.41) is 15.4. The maximum atomic E-state index is 10.6. The molecule has 1 aliphatic heterocycles. The number of aliphatic hydroxyl groups excluding tert-OH is 1. The van der Waals surface area contributed by atoms with Gasteiger partial charge in [0.15, 0.2) is 0 Å². The van der Waals surface area contributed by atoms with Gasteiger partial charge in [-0.2, -0.15) is 5.10 Å². The van der Waals surface area contributed by atoms with E-state index in [2.05, 4.69) is 5.10 Å². The van der Waals surface area contributed by atoms with Crippen LogP contribution in [-0.2, 0) is 6.42 Å². The standard InChI is InChI=1S/C15H17ClN2O2/c1-9(2)18-14(12(16)8-17-18)15(19)11-3-4-13-10(7-11)5-6-20-13/h3-4,7-9,15,19H,5-6H2,1-2H3. The van der Waals surface area contributed by atoms with Gasteiger partial charge in [0.1, 0.15) is 11.9 Å². The van der Waals surface area contributed by atoms with E-state index in [1.807, 2.05) is 32.0 Å². The van der Waals surface area contributed by atoms with Crippen molar-refractivity contribution in [1.29, 1.82) is 0 Å². The average molecular weight is 293 g/mol. The molecule has 0 amide bonds. The van der Waals surface area contributed by atoms with Crippen LogP contribution in [0, 0.1) is 0 Å². The van der Waals surface area contributed by atoms with E-state index in [1.165, 1.54) is 0 Å². The number of hydrogen-bond donors (Lipinski definition) is 1. The van der Waals surface area contributed by atoms with Gasteiger partial charge in [-0.15, -0.1) is 0 Å². The fourth-order valence-electron chi connectivity index (χ4n) is 2.55. The summed E-state index contributed by atoms with van der Waals surface area (Å²) in [5.41, 5.74) is 2.59.